The van der Waals surface area contributed by atoms with E-state index in [9.17, 15) is 4.79 Å². The molecule has 38 heavy (non-hydrogen) atoms. The first-order valence-electron chi connectivity index (χ1n) is 14.3. The number of nitrogens with one attached hydrogen (secondary N) is 1. The summed E-state index contributed by atoms with van der Waals surface area (Å²) in [7, 11) is 0. The Morgan fingerprint density at radius 1 is 0.947 bits per heavy atom. The molecular weight excluding hydrogens is 480 g/mol. The highest BCUT2D eigenvalue weighted by atomic mass is 16.5. The van der Waals surface area contributed by atoms with Crippen LogP contribution >= 0.6 is 0 Å². The van der Waals surface area contributed by atoms with E-state index >= 15 is 0 Å². The number of nitrogens with zero attached hydrogens (tertiary/aromatic N) is 5. The Morgan fingerprint density at radius 3 is 2.53 bits per heavy atom. The largest absolute Gasteiger partial charge is 0.449 e. The lowest BCUT2D eigenvalue weighted by Crippen LogP contribution is -2.49. The Labute approximate surface area is 223 Å². The van der Waals surface area contributed by atoms with Crippen molar-refractivity contribution < 1.29 is 13.9 Å². The molecule has 0 aromatic carbocycles. The fraction of sp³-hybridized carbons (Fsp3) is 0.586. The van der Waals surface area contributed by atoms with Crippen molar-refractivity contribution in [3.8, 4) is 0 Å². The number of carbonyl (C=O) groups is 1. The van der Waals surface area contributed by atoms with Crippen LogP contribution in [0.2, 0.25) is 0 Å². The molecule has 2 saturated heterocycles. The summed E-state index contributed by atoms with van der Waals surface area (Å²) < 4.78 is 11.5. The Kier molecular flexibility index (Phi) is 6.28. The number of morpholine rings is 1. The third-order valence-corrected chi connectivity index (χ3v) is 9.24. The number of ether oxygens (including phenoxy) is 1. The molecule has 3 aromatic heterocycles. The molecular formula is C29H36N6O3. The van der Waals surface area contributed by atoms with Gasteiger partial charge < -0.3 is 19.4 Å². The topological polar surface area (TPSA) is 96.6 Å². The van der Waals surface area contributed by atoms with Crippen LogP contribution in [0.15, 0.2) is 28.9 Å². The van der Waals surface area contributed by atoms with Gasteiger partial charge in [-0.1, -0.05) is 19.3 Å². The number of ketones is 1. The number of pyridine rings is 1. The molecule has 1 N–H and O–H groups in total. The minimum Gasteiger partial charge on any atom is -0.449 e. The first-order chi connectivity index (χ1) is 18.7. The maximum absolute atomic E-state index is 12.7. The smallest absolute Gasteiger partial charge is 0.229 e. The van der Waals surface area contributed by atoms with Crippen LogP contribution in [-0.2, 0) is 10.2 Å². The predicted molar refractivity (Wildman–Crippen MR) is 145 cm³/mol. The summed E-state index contributed by atoms with van der Waals surface area (Å²) in [6, 6.07) is 4.78. The maximum atomic E-state index is 12.7. The highest BCUT2D eigenvalue weighted by Gasteiger charge is 2.44. The molecule has 200 valence electrons. The van der Waals surface area contributed by atoms with Gasteiger partial charge in [-0.15, -0.1) is 0 Å². The van der Waals surface area contributed by atoms with Crippen LogP contribution < -0.4 is 10.2 Å². The molecule has 3 fully saturated rings. The van der Waals surface area contributed by atoms with E-state index in [1.165, 1.54) is 32.1 Å². The van der Waals surface area contributed by atoms with Gasteiger partial charge in [-0.05, 0) is 44.2 Å². The lowest BCUT2D eigenvalue weighted by Gasteiger charge is -2.40. The van der Waals surface area contributed by atoms with Crippen LogP contribution in [0.3, 0.4) is 0 Å². The minimum absolute atomic E-state index is 0.00743. The van der Waals surface area contributed by atoms with Gasteiger partial charge in [0.25, 0.3) is 0 Å². The third-order valence-electron chi connectivity index (χ3n) is 9.24. The van der Waals surface area contributed by atoms with Crippen molar-refractivity contribution in [2.24, 2.45) is 0 Å². The van der Waals surface area contributed by atoms with E-state index in [-0.39, 0.29) is 11.2 Å². The zero-order chi connectivity index (χ0) is 25.5. The molecule has 9 nitrogen and oxygen atoms in total. The number of Topliss-reactive ketones (excluding diaryl/α,β-unsaturated/α-hetero) is 1. The molecule has 7 rings (SSSR count). The van der Waals surface area contributed by atoms with Crippen LogP contribution in [-0.4, -0.2) is 71.1 Å². The Morgan fingerprint density at radius 2 is 1.76 bits per heavy atom. The Hall–Kier alpha value is -3.04. The van der Waals surface area contributed by atoms with Crippen molar-refractivity contribution in [1.82, 2.24) is 19.9 Å². The average molecular weight is 517 g/mol. The first-order valence-corrected chi connectivity index (χ1v) is 14.3. The van der Waals surface area contributed by atoms with Crippen LogP contribution in [0.1, 0.15) is 73.9 Å². The summed E-state index contributed by atoms with van der Waals surface area (Å²) in [5.41, 5.74) is 3.57. The number of furan rings is 1. The van der Waals surface area contributed by atoms with Crippen LogP contribution in [0.25, 0.3) is 11.1 Å². The van der Waals surface area contributed by atoms with Gasteiger partial charge in [-0.3, -0.25) is 9.69 Å². The number of piperidine rings is 1. The SMILES string of the molecule is O=C1CCC2(CCCCC2)c2c1oc1cnc(Nc3ccc(N4CCC(N5CCOCC5)CC4)cn3)nc21. The molecule has 9 heteroatoms. The monoisotopic (exact) mass is 516 g/mol. The summed E-state index contributed by atoms with van der Waals surface area (Å²) in [6.07, 6.45) is 13.3. The summed E-state index contributed by atoms with van der Waals surface area (Å²) in [5.74, 6) is 1.79. The zero-order valence-electron chi connectivity index (χ0n) is 22.0. The van der Waals surface area contributed by atoms with Crippen molar-refractivity contribution in [3.05, 3.63) is 35.9 Å². The fourth-order valence-corrected chi connectivity index (χ4v) is 7.15. The Balaban J connectivity index is 1.07. The van der Waals surface area contributed by atoms with Crippen molar-refractivity contribution in [3.63, 3.8) is 0 Å². The van der Waals surface area contributed by atoms with Gasteiger partial charge in [-0.2, -0.15) is 0 Å². The van der Waals surface area contributed by atoms with Crippen molar-refractivity contribution >= 4 is 34.3 Å². The summed E-state index contributed by atoms with van der Waals surface area (Å²) >= 11 is 0. The van der Waals surface area contributed by atoms with Gasteiger partial charge >= 0.3 is 0 Å². The number of rotatable bonds is 4. The van der Waals surface area contributed by atoms with E-state index in [2.05, 4.69) is 31.2 Å². The van der Waals surface area contributed by atoms with Gasteiger partial charge in [0.15, 0.2) is 17.1 Å². The number of fused-ring (bicyclic) bond motifs is 4. The molecule has 0 radical (unpaired) electrons. The third kappa shape index (κ3) is 4.35. The van der Waals surface area contributed by atoms with Crippen molar-refractivity contribution in [2.45, 2.75) is 69.2 Å². The highest BCUT2D eigenvalue weighted by Crippen LogP contribution is 2.50. The average Bonchev–Trinajstić information content (AvgIpc) is 3.38. The maximum Gasteiger partial charge on any atom is 0.229 e. The molecule has 0 unspecified atom stereocenters. The van der Waals surface area contributed by atoms with Crippen LogP contribution in [0.5, 0.6) is 0 Å². The highest BCUT2D eigenvalue weighted by molar-refractivity contribution is 6.01. The van der Waals surface area contributed by atoms with Gasteiger partial charge in [0.2, 0.25) is 5.95 Å². The van der Waals surface area contributed by atoms with E-state index in [4.69, 9.17) is 14.1 Å². The first kappa shape index (κ1) is 24.0. The Bertz CT molecular complexity index is 1300. The van der Waals surface area contributed by atoms with E-state index in [1.807, 2.05) is 12.3 Å². The molecule has 5 heterocycles. The summed E-state index contributed by atoms with van der Waals surface area (Å²) in [6.45, 7) is 5.91. The van der Waals surface area contributed by atoms with Gasteiger partial charge in [0.05, 0.1) is 31.3 Å². The number of hydrogen-bond acceptors (Lipinski definition) is 9. The zero-order valence-corrected chi connectivity index (χ0v) is 22.0. The summed E-state index contributed by atoms with van der Waals surface area (Å²) in [4.78, 5) is 31.8. The molecule has 0 atom stereocenters. The lowest BCUT2D eigenvalue weighted by molar-refractivity contribution is 0.0115. The molecule has 0 bridgehead atoms. The van der Waals surface area contributed by atoms with Crippen molar-refractivity contribution in [1.29, 1.82) is 0 Å². The standard InChI is InChI=1S/C29H36N6O3/c36-22-6-11-29(9-2-1-3-10-29)25-26-23(38-27(22)25)19-31-28(33-26)32-24-5-4-21(18-30-24)34-12-7-20(8-13-34)35-14-16-37-17-15-35/h4-5,18-20H,1-3,6-17H2,(H,30,31,32,33). The second-order valence-electron chi connectivity index (χ2n) is 11.4. The predicted octanol–water partition coefficient (Wildman–Crippen LogP) is 4.84. The molecule has 3 aromatic rings. The van der Waals surface area contributed by atoms with E-state index in [1.54, 1.807) is 6.20 Å². The van der Waals surface area contributed by atoms with E-state index in [0.29, 0.717) is 35.6 Å². The van der Waals surface area contributed by atoms with Gasteiger partial charge in [0.1, 0.15) is 11.3 Å². The summed E-state index contributed by atoms with van der Waals surface area (Å²) in [5, 5.41) is 3.28. The quantitative estimate of drug-likeness (QED) is 0.522. The molecule has 4 aliphatic rings. The van der Waals surface area contributed by atoms with E-state index < -0.39 is 0 Å². The van der Waals surface area contributed by atoms with Gasteiger partial charge in [-0.25, -0.2) is 15.0 Å². The number of hydrogen-bond donors (Lipinski definition) is 1. The minimum atomic E-state index is 0.00743. The van der Waals surface area contributed by atoms with E-state index in [0.717, 1.165) is 75.4 Å². The molecule has 1 saturated carbocycles. The van der Waals surface area contributed by atoms with Gasteiger partial charge in [0, 0.05) is 49.6 Å². The van der Waals surface area contributed by atoms with Crippen molar-refractivity contribution in [2.75, 3.05) is 49.6 Å². The van der Waals surface area contributed by atoms with Crippen LogP contribution in [0, 0.1) is 0 Å². The number of anilines is 3. The molecule has 2 aliphatic heterocycles. The second kappa shape index (κ2) is 9.93. The fourth-order valence-electron chi connectivity index (χ4n) is 7.15. The lowest BCUT2D eigenvalue weighted by atomic mass is 9.63. The normalized spacial score (nSPS) is 22.6. The van der Waals surface area contributed by atoms with Crippen LogP contribution in [0.4, 0.5) is 17.5 Å². The molecule has 1 spiro atoms. The number of carbonyl (C=O) groups excluding carboxylic acids is 1. The molecule has 0 amide bonds. The second-order valence-corrected chi connectivity index (χ2v) is 11.4. The number of aromatic nitrogens is 3. The molecule has 2 aliphatic carbocycles.